The molecule has 1 aliphatic carbocycles. The van der Waals surface area contributed by atoms with Crippen LogP contribution < -0.4 is 5.32 Å². The third-order valence-electron chi connectivity index (χ3n) is 2.41. The fraction of sp³-hybridized carbons (Fsp3) is 1.00. The summed E-state index contributed by atoms with van der Waals surface area (Å²) in [5.41, 5.74) is -0.0295. The molecule has 0 aliphatic heterocycles. The van der Waals surface area contributed by atoms with E-state index in [9.17, 15) is 0 Å². The normalized spacial score (nSPS) is 29.8. The first kappa shape index (κ1) is 12.0. The van der Waals surface area contributed by atoms with Crippen molar-refractivity contribution in [2.45, 2.75) is 64.3 Å². The SMILES string of the molecule is CC(CO)NC1CC(OC(C)(C)C)C1. The van der Waals surface area contributed by atoms with E-state index >= 15 is 0 Å². The van der Waals surface area contributed by atoms with E-state index in [0.29, 0.717) is 12.1 Å². The van der Waals surface area contributed by atoms with Crippen molar-refractivity contribution in [1.82, 2.24) is 5.32 Å². The molecule has 0 aromatic rings. The van der Waals surface area contributed by atoms with Gasteiger partial charge in [0.25, 0.3) is 0 Å². The quantitative estimate of drug-likeness (QED) is 0.720. The van der Waals surface area contributed by atoms with Gasteiger partial charge in [-0.25, -0.2) is 0 Å². The second kappa shape index (κ2) is 4.60. The maximum Gasteiger partial charge on any atom is 0.0612 e. The third kappa shape index (κ3) is 3.95. The van der Waals surface area contributed by atoms with E-state index in [4.69, 9.17) is 9.84 Å². The van der Waals surface area contributed by atoms with Gasteiger partial charge in [0.15, 0.2) is 0 Å². The Morgan fingerprint density at radius 2 is 2.00 bits per heavy atom. The highest BCUT2D eigenvalue weighted by Crippen LogP contribution is 2.27. The van der Waals surface area contributed by atoms with E-state index in [-0.39, 0.29) is 18.2 Å². The van der Waals surface area contributed by atoms with Crippen LogP contribution in [0.3, 0.4) is 0 Å². The molecule has 1 atom stereocenters. The van der Waals surface area contributed by atoms with Gasteiger partial charge in [-0.1, -0.05) is 0 Å². The molecule has 0 aromatic heterocycles. The van der Waals surface area contributed by atoms with Crippen molar-refractivity contribution >= 4 is 0 Å². The molecule has 2 N–H and O–H groups in total. The highest BCUT2D eigenvalue weighted by Gasteiger charge is 2.33. The molecular formula is C11H23NO2. The minimum absolute atomic E-state index is 0.0295. The van der Waals surface area contributed by atoms with E-state index in [2.05, 4.69) is 26.1 Å². The van der Waals surface area contributed by atoms with Crippen LogP contribution in [0.25, 0.3) is 0 Å². The Labute approximate surface area is 86.8 Å². The van der Waals surface area contributed by atoms with Gasteiger partial charge in [0.05, 0.1) is 18.3 Å². The molecule has 0 spiro atoms. The summed E-state index contributed by atoms with van der Waals surface area (Å²) in [6.07, 6.45) is 2.54. The van der Waals surface area contributed by atoms with Crippen LogP contribution in [0.1, 0.15) is 40.5 Å². The van der Waals surface area contributed by atoms with E-state index < -0.39 is 0 Å². The average molecular weight is 201 g/mol. The lowest BCUT2D eigenvalue weighted by molar-refractivity contribution is -0.103. The first-order valence-corrected chi connectivity index (χ1v) is 5.45. The molecule has 0 heterocycles. The molecular weight excluding hydrogens is 178 g/mol. The summed E-state index contributed by atoms with van der Waals surface area (Å²) in [4.78, 5) is 0. The maximum absolute atomic E-state index is 8.86. The summed E-state index contributed by atoms with van der Waals surface area (Å²) in [6, 6.07) is 0.736. The predicted octanol–water partition coefficient (Wildman–Crippen LogP) is 1.30. The van der Waals surface area contributed by atoms with Crippen LogP contribution in [-0.4, -0.2) is 35.5 Å². The van der Waals surface area contributed by atoms with Crippen LogP contribution in [0.5, 0.6) is 0 Å². The number of hydrogen-bond acceptors (Lipinski definition) is 3. The highest BCUT2D eigenvalue weighted by atomic mass is 16.5. The molecule has 0 saturated heterocycles. The minimum atomic E-state index is -0.0295. The van der Waals surface area contributed by atoms with Crippen molar-refractivity contribution in [3.05, 3.63) is 0 Å². The summed E-state index contributed by atoms with van der Waals surface area (Å²) < 4.78 is 5.82. The largest absolute Gasteiger partial charge is 0.395 e. The fourth-order valence-electron chi connectivity index (χ4n) is 1.75. The minimum Gasteiger partial charge on any atom is -0.395 e. The first-order valence-electron chi connectivity index (χ1n) is 5.45. The van der Waals surface area contributed by atoms with Gasteiger partial charge in [0.1, 0.15) is 0 Å². The van der Waals surface area contributed by atoms with Gasteiger partial charge in [-0.2, -0.15) is 0 Å². The van der Waals surface area contributed by atoms with Crippen LogP contribution in [-0.2, 0) is 4.74 Å². The van der Waals surface area contributed by atoms with Crippen molar-refractivity contribution in [3.8, 4) is 0 Å². The Balaban J connectivity index is 2.12. The van der Waals surface area contributed by atoms with Crippen LogP contribution >= 0.6 is 0 Å². The second-order valence-electron chi connectivity index (χ2n) is 5.27. The van der Waals surface area contributed by atoms with E-state index in [1.165, 1.54) is 0 Å². The molecule has 1 aliphatic rings. The van der Waals surface area contributed by atoms with E-state index in [1.54, 1.807) is 0 Å². The summed E-state index contributed by atoms with van der Waals surface area (Å²) in [7, 11) is 0. The second-order valence-corrected chi connectivity index (χ2v) is 5.27. The molecule has 1 rings (SSSR count). The van der Waals surface area contributed by atoms with Crippen LogP contribution in [0.2, 0.25) is 0 Å². The smallest absolute Gasteiger partial charge is 0.0612 e. The van der Waals surface area contributed by atoms with Crippen molar-refractivity contribution in [3.63, 3.8) is 0 Å². The van der Waals surface area contributed by atoms with Crippen LogP contribution in [0.15, 0.2) is 0 Å². The molecule has 0 aromatic carbocycles. The Morgan fingerprint density at radius 3 is 2.43 bits per heavy atom. The topological polar surface area (TPSA) is 41.5 Å². The van der Waals surface area contributed by atoms with E-state index in [1.807, 2.05) is 6.92 Å². The summed E-state index contributed by atoms with van der Waals surface area (Å²) in [6.45, 7) is 8.47. The first-order chi connectivity index (χ1) is 6.40. The summed E-state index contributed by atoms with van der Waals surface area (Å²) >= 11 is 0. The van der Waals surface area contributed by atoms with Gasteiger partial charge in [-0.3, -0.25) is 0 Å². The molecule has 1 unspecified atom stereocenters. The number of aliphatic hydroxyl groups excluding tert-OH is 1. The predicted molar refractivity (Wildman–Crippen MR) is 57.3 cm³/mol. The zero-order chi connectivity index (χ0) is 10.8. The number of ether oxygens (including phenoxy) is 1. The summed E-state index contributed by atoms with van der Waals surface area (Å²) in [5, 5.41) is 12.2. The maximum atomic E-state index is 8.86. The molecule has 3 heteroatoms. The van der Waals surface area contributed by atoms with Crippen molar-refractivity contribution in [2.75, 3.05) is 6.61 Å². The van der Waals surface area contributed by atoms with Gasteiger partial charge in [-0.15, -0.1) is 0 Å². The van der Waals surface area contributed by atoms with Gasteiger partial charge in [-0.05, 0) is 40.5 Å². The Hall–Kier alpha value is -0.120. The molecule has 3 nitrogen and oxygen atoms in total. The number of aliphatic hydroxyl groups is 1. The lowest BCUT2D eigenvalue weighted by atomic mass is 9.88. The molecule has 1 saturated carbocycles. The molecule has 0 bridgehead atoms. The molecule has 1 fully saturated rings. The van der Waals surface area contributed by atoms with Gasteiger partial charge in [0, 0.05) is 12.1 Å². The van der Waals surface area contributed by atoms with Crippen molar-refractivity contribution in [1.29, 1.82) is 0 Å². The monoisotopic (exact) mass is 201 g/mol. The Bertz CT molecular complexity index is 171. The van der Waals surface area contributed by atoms with E-state index in [0.717, 1.165) is 12.8 Å². The average Bonchev–Trinajstić information content (AvgIpc) is 1.97. The van der Waals surface area contributed by atoms with Crippen molar-refractivity contribution in [2.24, 2.45) is 0 Å². The lowest BCUT2D eigenvalue weighted by Crippen LogP contribution is -2.51. The zero-order valence-electron chi connectivity index (χ0n) is 9.71. The Kier molecular flexibility index (Phi) is 3.93. The number of nitrogens with one attached hydrogen (secondary N) is 1. The number of rotatable bonds is 4. The fourth-order valence-corrected chi connectivity index (χ4v) is 1.75. The van der Waals surface area contributed by atoms with Crippen LogP contribution in [0.4, 0.5) is 0 Å². The van der Waals surface area contributed by atoms with Crippen LogP contribution in [0, 0.1) is 0 Å². The van der Waals surface area contributed by atoms with Gasteiger partial charge in [0.2, 0.25) is 0 Å². The molecule has 0 amide bonds. The Morgan fingerprint density at radius 1 is 1.43 bits per heavy atom. The number of hydrogen-bond donors (Lipinski definition) is 2. The third-order valence-corrected chi connectivity index (χ3v) is 2.41. The highest BCUT2D eigenvalue weighted by molar-refractivity contribution is 4.88. The zero-order valence-corrected chi connectivity index (χ0v) is 9.71. The standard InChI is InChI=1S/C11H23NO2/c1-8(7-13)12-9-5-10(6-9)14-11(2,3)4/h8-10,12-13H,5-7H2,1-4H3. The van der Waals surface area contributed by atoms with Gasteiger partial charge >= 0.3 is 0 Å². The lowest BCUT2D eigenvalue weighted by Gasteiger charge is -2.40. The molecule has 14 heavy (non-hydrogen) atoms. The summed E-state index contributed by atoms with van der Waals surface area (Å²) in [5.74, 6) is 0. The molecule has 0 radical (unpaired) electrons. The van der Waals surface area contributed by atoms with Gasteiger partial charge < -0.3 is 15.2 Å². The molecule has 84 valence electrons. The van der Waals surface area contributed by atoms with Crippen molar-refractivity contribution < 1.29 is 9.84 Å².